The maximum Gasteiger partial charge on any atom is 3.00 e. The Kier molecular flexibility index (Phi) is 28.9. The van der Waals surface area contributed by atoms with E-state index in [4.69, 9.17) is 0 Å². The maximum atomic E-state index is 10.5. The first-order chi connectivity index (χ1) is 14.0. The molecular formula is C21H30FeO9+3. The van der Waals surface area contributed by atoms with Gasteiger partial charge in [-0.15, -0.1) is 0 Å². The van der Waals surface area contributed by atoms with E-state index >= 15 is 0 Å². The van der Waals surface area contributed by atoms with Crippen LogP contribution in [0.5, 0.6) is 0 Å². The Bertz CT molecular complexity index is 539. The zero-order valence-corrected chi connectivity index (χ0v) is 19.2. The van der Waals surface area contributed by atoms with Crippen LogP contribution in [0.4, 0.5) is 0 Å². The molecule has 0 amide bonds. The van der Waals surface area contributed by atoms with Crippen molar-refractivity contribution in [3.8, 4) is 0 Å². The Morgan fingerprint density at radius 1 is 0.548 bits per heavy atom. The quantitative estimate of drug-likeness (QED) is 0.135. The molecule has 0 saturated carbocycles. The van der Waals surface area contributed by atoms with Crippen LogP contribution in [-0.2, 0) is 60.0 Å². The van der Waals surface area contributed by atoms with Gasteiger partial charge in [0.15, 0.2) is 0 Å². The van der Waals surface area contributed by atoms with Crippen LogP contribution in [0.25, 0.3) is 0 Å². The number of carbonyl (C=O) groups is 6. The van der Waals surface area contributed by atoms with Crippen LogP contribution >= 0.6 is 0 Å². The van der Waals surface area contributed by atoms with Gasteiger partial charge in [-0.05, 0) is 20.8 Å². The maximum absolute atomic E-state index is 10.5. The molecule has 0 atom stereocenters. The largest absolute Gasteiger partial charge is 3.00 e. The number of ether oxygens (including phenoxy) is 3. The van der Waals surface area contributed by atoms with Gasteiger partial charge in [0.1, 0.15) is 56.4 Å². The van der Waals surface area contributed by atoms with Crippen LogP contribution in [0.3, 0.4) is 0 Å². The number of ketones is 3. The number of carbonyl (C=O) groups excluding carboxylic acids is 6. The van der Waals surface area contributed by atoms with Gasteiger partial charge in [-0.1, -0.05) is 38.0 Å². The third-order valence-corrected chi connectivity index (χ3v) is 2.27. The van der Waals surface area contributed by atoms with Crippen LogP contribution in [0.15, 0.2) is 38.0 Å². The van der Waals surface area contributed by atoms with E-state index in [1.807, 2.05) is 0 Å². The molecule has 173 valence electrons. The van der Waals surface area contributed by atoms with E-state index < -0.39 is 17.9 Å². The van der Waals surface area contributed by atoms with E-state index in [1.165, 1.54) is 39.0 Å². The summed E-state index contributed by atoms with van der Waals surface area (Å²) < 4.78 is 13.6. The van der Waals surface area contributed by atoms with E-state index in [9.17, 15) is 28.8 Å². The van der Waals surface area contributed by atoms with Crippen LogP contribution in [0, 0.1) is 0 Å². The van der Waals surface area contributed by atoms with Crippen molar-refractivity contribution < 1.29 is 60.0 Å². The van der Waals surface area contributed by atoms with Crippen molar-refractivity contribution in [2.75, 3.05) is 19.8 Å². The Balaban J connectivity index is -0.000000174. The minimum atomic E-state index is -0.493. The first kappa shape index (κ1) is 35.6. The first-order valence-electron chi connectivity index (χ1n) is 8.77. The van der Waals surface area contributed by atoms with E-state index in [1.54, 1.807) is 0 Å². The summed E-state index contributed by atoms with van der Waals surface area (Å²) >= 11 is 0. The number of rotatable bonds is 12. The summed E-state index contributed by atoms with van der Waals surface area (Å²) in [5.41, 5.74) is 0. The molecule has 0 aromatic rings. The average Bonchev–Trinajstić information content (AvgIpc) is 2.62. The molecule has 9 nitrogen and oxygen atoms in total. The summed E-state index contributed by atoms with van der Waals surface area (Å²) in [6.45, 7) is 14.6. The molecule has 10 heteroatoms. The molecule has 0 N–H and O–H groups in total. The van der Waals surface area contributed by atoms with Crippen molar-refractivity contribution in [3.05, 3.63) is 38.0 Å². The Labute approximate surface area is 193 Å². The summed E-state index contributed by atoms with van der Waals surface area (Å²) in [5, 5.41) is 0. The second-order valence-electron chi connectivity index (χ2n) is 5.55. The Morgan fingerprint density at radius 3 is 0.871 bits per heavy atom. The molecule has 31 heavy (non-hydrogen) atoms. The number of hydrogen-bond acceptors (Lipinski definition) is 9. The topological polar surface area (TPSA) is 130 Å². The Hall–Kier alpha value is -2.84. The molecule has 0 unspecified atom stereocenters. The second-order valence-corrected chi connectivity index (χ2v) is 5.55. The fourth-order valence-electron chi connectivity index (χ4n) is 1.22. The normalized spacial score (nSPS) is 8.23. The summed E-state index contributed by atoms with van der Waals surface area (Å²) in [6.07, 6.45) is 3.93. The second kappa shape index (κ2) is 25.2. The van der Waals surface area contributed by atoms with Crippen LogP contribution < -0.4 is 0 Å². The fourth-order valence-corrected chi connectivity index (χ4v) is 1.22. The Morgan fingerprint density at radius 2 is 0.742 bits per heavy atom. The van der Waals surface area contributed by atoms with Crippen molar-refractivity contribution in [2.24, 2.45) is 0 Å². The minimum absolute atomic E-state index is 0. The number of hydrogen-bond donors (Lipinski definition) is 0. The van der Waals surface area contributed by atoms with Crippen molar-refractivity contribution in [1.82, 2.24) is 0 Å². The van der Waals surface area contributed by atoms with E-state index in [2.05, 4.69) is 33.9 Å². The van der Waals surface area contributed by atoms with E-state index in [-0.39, 0.29) is 73.5 Å². The molecule has 0 aromatic heterocycles. The van der Waals surface area contributed by atoms with Gasteiger partial charge in [0.2, 0.25) is 0 Å². The predicted molar refractivity (Wildman–Crippen MR) is 109 cm³/mol. The van der Waals surface area contributed by atoms with Crippen molar-refractivity contribution >= 4 is 35.3 Å². The van der Waals surface area contributed by atoms with Gasteiger partial charge < -0.3 is 14.2 Å². The predicted octanol–water partition coefficient (Wildman–Crippen LogP) is 2.08. The third-order valence-electron chi connectivity index (χ3n) is 2.27. The number of Topliss-reactive ketones (excluding diaryl/α,β-unsaturated/α-hetero) is 3. The molecule has 0 rings (SSSR count). The van der Waals surface area contributed by atoms with Gasteiger partial charge in [-0.25, -0.2) is 0 Å². The SMILES string of the molecule is C=CCOC(=O)CC(C)=O.C=CCOC(=O)CC(C)=O.C=CCOC(=O)CC(C)=O.[Fe+3]. The molecule has 0 spiro atoms. The zero-order chi connectivity index (χ0) is 23.9. The zero-order valence-electron chi connectivity index (χ0n) is 18.1. The molecule has 0 bridgehead atoms. The van der Waals surface area contributed by atoms with Crippen LogP contribution in [0.2, 0.25) is 0 Å². The fraction of sp³-hybridized carbons (Fsp3) is 0.429. The molecule has 0 aromatic carbocycles. The molecule has 0 saturated heterocycles. The smallest absolute Gasteiger partial charge is 0.461 e. The van der Waals surface area contributed by atoms with Crippen LogP contribution in [0.1, 0.15) is 40.0 Å². The molecule has 0 aliphatic carbocycles. The molecule has 0 heterocycles. The monoisotopic (exact) mass is 482 g/mol. The van der Waals surface area contributed by atoms with Crippen LogP contribution in [-0.4, -0.2) is 55.1 Å². The van der Waals surface area contributed by atoms with E-state index in [0.717, 1.165) is 0 Å². The van der Waals surface area contributed by atoms with Crippen molar-refractivity contribution in [3.63, 3.8) is 0 Å². The average molecular weight is 482 g/mol. The molecule has 0 aliphatic rings. The first-order valence-corrected chi connectivity index (χ1v) is 8.77. The molecule has 0 aliphatic heterocycles. The molecular weight excluding hydrogens is 452 g/mol. The van der Waals surface area contributed by atoms with Gasteiger partial charge >= 0.3 is 35.0 Å². The molecule has 0 fully saturated rings. The van der Waals surface area contributed by atoms with Gasteiger partial charge in [0.25, 0.3) is 0 Å². The summed E-state index contributed by atoms with van der Waals surface area (Å²) in [5.74, 6) is -2.04. The van der Waals surface area contributed by atoms with Gasteiger partial charge in [0, 0.05) is 0 Å². The van der Waals surface area contributed by atoms with Crippen molar-refractivity contribution in [2.45, 2.75) is 40.0 Å². The summed E-state index contributed by atoms with van der Waals surface area (Å²) in [4.78, 5) is 62.4. The van der Waals surface area contributed by atoms with Gasteiger partial charge in [0.05, 0.1) is 0 Å². The van der Waals surface area contributed by atoms with Gasteiger partial charge in [-0.3, -0.25) is 28.8 Å². The third kappa shape index (κ3) is 38.4. The standard InChI is InChI=1S/3C7H10O3.Fe/c3*1-3-4-10-7(9)5-6(2)8;/h3*3H,1,4-5H2,2H3;/q;;;+3. The van der Waals surface area contributed by atoms with E-state index in [0.29, 0.717) is 0 Å². The summed E-state index contributed by atoms with van der Waals surface area (Å²) in [7, 11) is 0. The summed E-state index contributed by atoms with van der Waals surface area (Å²) in [6, 6.07) is 0. The minimum Gasteiger partial charge on any atom is -0.461 e. The van der Waals surface area contributed by atoms with Gasteiger partial charge in [-0.2, -0.15) is 0 Å². The molecule has 1 radical (unpaired) electrons. The number of esters is 3. The van der Waals surface area contributed by atoms with Crippen molar-refractivity contribution in [1.29, 1.82) is 0 Å².